The summed E-state index contributed by atoms with van der Waals surface area (Å²) < 4.78 is 6.63. The summed E-state index contributed by atoms with van der Waals surface area (Å²) in [5.41, 5.74) is 0. The molecule has 1 fully saturated rings. The van der Waals surface area contributed by atoms with Crippen LogP contribution in [0.2, 0.25) is 0 Å². The van der Waals surface area contributed by atoms with Gasteiger partial charge in [0.1, 0.15) is 0 Å². The Morgan fingerprint density at radius 2 is 2.50 bits per heavy atom. The molecule has 2 nitrogen and oxygen atoms in total. The fraction of sp³-hybridized carbons (Fsp3) is 1.00. The number of morpholine rings is 1. The molecule has 3 heteroatoms. The lowest BCUT2D eigenvalue weighted by Crippen LogP contribution is -2.42. The molecular formula is C7H14INO. The van der Waals surface area contributed by atoms with Crippen molar-refractivity contribution in [1.29, 1.82) is 0 Å². The molecule has 0 aromatic heterocycles. The van der Waals surface area contributed by atoms with Gasteiger partial charge >= 0.3 is 0 Å². The summed E-state index contributed by atoms with van der Waals surface area (Å²) in [6.07, 6.45) is 0.481. The second kappa shape index (κ2) is 4.51. The number of likely N-dealkylation sites (N-methyl/N-ethyl adjacent to an activating group) is 1. The van der Waals surface area contributed by atoms with Crippen molar-refractivity contribution in [3.05, 3.63) is 0 Å². The van der Waals surface area contributed by atoms with Gasteiger partial charge in [-0.1, -0.05) is 29.5 Å². The molecule has 0 bridgehead atoms. The molecule has 1 aliphatic rings. The van der Waals surface area contributed by atoms with Crippen LogP contribution in [0.3, 0.4) is 0 Å². The first-order valence-corrected chi connectivity index (χ1v) is 5.29. The molecule has 1 rings (SSSR count). The SMILES string of the molecule is CCN1CCOC(CI)C1. The fourth-order valence-electron chi connectivity index (χ4n) is 1.16. The van der Waals surface area contributed by atoms with Crippen LogP contribution in [0.1, 0.15) is 6.92 Å². The van der Waals surface area contributed by atoms with Gasteiger partial charge < -0.3 is 4.74 Å². The smallest absolute Gasteiger partial charge is 0.0791 e. The van der Waals surface area contributed by atoms with Crippen LogP contribution in [-0.4, -0.2) is 41.7 Å². The highest BCUT2D eigenvalue weighted by Gasteiger charge is 2.17. The molecule has 1 heterocycles. The zero-order valence-corrected chi connectivity index (χ0v) is 8.50. The highest BCUT2D eigenvalue weighted by atomic mass is 127. The Morgan fingerprint density at radius 3 is 3.10 bits per heavy atom. The van der Waals surface area contributed by atoms with Gasteiger partial charge in [-0.15, -0.1) is 0 Å². The molecule has 1 saturated heterocycles. The van der Waals surface area contributed by atoms with Gasteiger partial charge in [0.2, 0.25) is 0 Å². The minimum atomic E-state index is 0.481. The Balaban J connectivity index is 2.25. The predicted octanol–water partition coefficient (Wildman–Crippen LogP) is 1.14. The van der Waals surface area contributed by atoms with Crippen LogP contribution in [0.25, 0.3) is 0 Å². The van der Waals surface area contributed by atoms with Crippen molar-refractivity contribution in [2.75, 3.05) is 30.7 Å². The van der Waals surface area contributed by atoms with Gasteiger partial charge in [-0.3, -0.25) is 4.90 Å². The Bertz CT molecular complexity index is 89.6. The van der Waals surface area contributed by atoms with Gasteiger partial charge in [0, 0.05) is 17.5 Å². The van der Waals surface area contributed by atoms with Crippen LogP contribution in [0.5, 0.6) is 0 Å². The van der Waals surface area contributed by atoms with Crippen molar-refractivity contribution in [3.8, 4) is 0 Å². The highest BCUT2D eigenvalue weighted by molar-refractivity contribution is 14.1. The Kier molecular flexibility index (Phi) is 3.95. The number of nitrogens with zero attached hydrogens (tertiary/aromatic N) is 1. The summed E-state index contributed by atoms with van der Waals surface area (Å²) in [4.78, 5) is 2.44. The summed E-state index contributed by atoms with van der Waals surface area (Å²) >= 11 is 2.38. The Morgan fingerprint density at radius 1 is 1.70 bits per heavy atom. The van der Waals surface area contributed by atoms with Crippen molar-refractivity contribution in [2.45, 2.75) is 13.0 Å². The quantitative estimate of drug-likeness (QED) is 0.542. The normalized spacial score (nSPS) is 28.8. The van der Waals surface area contributed by atoms with E-state index in [4.69, 9.17) is 4.74 Å². The van der Waals surface area contributed by atoms with Crippen LogP contribution < -0.4 is 0 Å². The van der Waals surface area contributed by atoms with Crippen LogP contribution >= 0.6 is 22.6 Å². The van der Waals surface area contributed by atoms with Crippen molar-refractivity contribution in [3.63, 3.8) is 0 Å². The molecule has 10 heavy (non-hydrogen) atoms. The van der Waals surface area contributed by atoms with Crippen LogP contribution in [0, 0.1) is 0 Å². The van der Waals surface area contributed by atoms with Crippen molar-refractivity contribution in [2.24, 2.45) is 0 Å². The van der Waals surface area contributed by atoms with Crippen molar-refractivity contribution in [1.82, 2.24) is 4.90 Å². The second-order valence-corrected chi connectivity index (χ2v) is 3.42. The summed E-state index contributed by atoms with van der Waals surface area (Å²) in [6.45, 7) is 6.52. The largest absolute Gasteiger partial charge is 0.375 e. The molecule has 0 N–H and O–H groups in total. The molecule has 0 amide bonds. The zero-order chi connectivity index (χ0) is 7.40. The van der Waals surface area contributed by atoms with E-state index in [1.807, 2.05) is 0 Å². The summed E-state index contributed by atoms with van der Waals surface area (Å²) in [6, 6.07) is 0. The van der Waals surface area contributed by atoms with E-state index in [-0.39, 0.29) is 0 Å². The summed E-state index contributed by atoms with van der Waals surface area (Å²) in [5, 5.41) is 0. The third-order valence-corrected chi connectivity index (χ3v) is 2.82. The first-order chi connectivity index (χ1) is 4.86. The summed E-state index contributed by atoms with van der Waals surface area (Å²) in [7, 11) is 0. The molecule has 1 atom stereocenters. The van der Waals surface area contributed by atoms with Crippen molar-refractivity contribution >= 4 is 22.6 Å². The van der Waals surface area contributed by atoms with Crippen LogP contribution in [-0.2, 0) is 4.74 Å². The van der Waals surface area contributed by atoms with Gasteiger partial charge in [0.15, 0.2) is 0 Å². The number of ether oxygens (including phenoxy) is 1. The molecule has 0 saturated carbocycles. The summed E-state index contributed by atoms with van der Waals surface area (Å²) in [5.74, 6) is 0. The first kappa shape index (κ1) is 8.74. The van der Waals surface area contributed by atoms with Gasteiger partial charge in [-0.05, 0) is 6.54 Å². The molecule has 1 unspecified atom stereocenters. The lowest BCUT2D eigenvalue weighted by Gasteiger charge is -2.30. The maximum absolute atomic E-state index is 5.51. The average Bonchev–Trinajstić information content (AvgIpc) is 2.05. The maximum Gasteiger partial charge on any atom is 0.0791 e. The lowest BCUT2D eigenvalue weighted by molar-refractivity contribution is -0.0122. The van der Waals surface area contributed by atoms with Gasteiger partial charge in [-0.25, -0.2) is 0 Å². The zero-order valence-electron chi connectivity index (χ0n) is 6.35. The van der Waals surface area contributed by atoms with E-state index in [1.54, 1.807) is 0 Å². The van der Waals surface area contributed by atoms with Crippen LogP contribution in [0.4, 0.5) is 0 Å². The van der Waals surface area contributed by atoms with Crippen molar-refractivity contribution < 1.29 is 4.74 Å². The minimum Gasteiger partial charge on any atom is -0.375 e. The molecule has 0 spiro atoms. The van der Waals surface area contributed by atoms with E-state index >= 15 is 0 Å². The van der Waals surface area contributed by atoms with Gasteiger partial charge in [0.25, 0.3) is 0 Å². The average molecular weight is 255 g/mol. The molecule has 0 radical (unpaired) electrons. The first-order valence-electron chi connectivity index (χ1n) is 3.76. The topological polar surface area (TPSA) is 12.5 Å². The van der Waals surface area contributed by atoms with Gasteiger partial charge in [-0.2, -0.15) is 0 Å². The van der Waals surface area contributed by atoms with E-state index in [0.29, 0.717) is 6.10 Å². The molecule has 60 valence electrons. The fourth-order valence-corrected chi connectivity index (χ4v) is 1.69. The predicted molar refractivity (Wildman–Crippen MR) is 50.7 cm³/mol. The van der Waals surface area contributed by atoms with E-state index in [2.05, 4.69) is 34.4 Å². The number of hydrogen-bond donors (Lipinski definition) is 0. The number of hydrogen-bond acceptors (Lipinski definition) is 2. The third kappa shape index (κ3) is 2.36. The van der Waals surface area contributed by atoms with E-state index in [1.165, 1.54) is 0 Å². The number of alkyl halides is 1. The molecule has 1 aliphatic heterocycles. The van der Waals surface area contributed by atoms with Crippen LogP contribution in [0.15, 0.2) is 0 Å². The highest BCUT2D eigenvalue weighted by Crippen LogP contribution is 2.06. The van der Waals surface area contributed by atoms with E-state index in [9.17, 15) is 0 Å². The maximum atomic E-state index is 5.51. The second-order valence-electron chi connectivity index (χ2n) is 2.54. The number of halogens is 1. The number of rotatable bonds is 2. The minimum absolute atomic E-state index is 0.481. The standard InChI is InChI=1S/C7H14INO/c1-2-9-3-4-10-7(5-8)6-9/h7H,2-6H2,1H3. The Labute approximate surface area is 76.1 Å². The molecular weight excluding hydrogens is 241 g/mol. The monoisotopic (exact) mass is 255 g/mol. The molecule has 0 aromatic rings. The molecule has 0 aliphatic carbocycles. The Hall–Kier alpha value is 0.650. The molecule has 0 aromatic carbocycles. The van der Waals surface area contributed by atoms with Gasteiger partial charge in [0.05, 0.1) is 12.7 Å². The van der Waals surface area contributed by atoms with E-state index in [0.717, 1.165) is 30.7 Å². The van der Waals surface area contributed by atoms with E-state index < -0.39 is 0 Å². The third-order valence-electron chi connectivity index (χ3n) is 1.84. The lowest BCUT2D eigenvalue weighted by atomic mass is 10.3.